The van der Waals surface area contributed by atoms with Crippen LogP contribution in [0.5, 0.6) is 5.75 Å². The molecule has 0 heterocycles. The van der Waals surface area contributed by atoms with Crippen LogP contribution >= 0.6 is 0 Å². The molecule has 0 saturated heterocycles. The quantitative estimate of drug-likeness (QED) is 0.227. The van der Waals surface area contributed by atoms with Gasteiger partial charge in [-0.15, -0.1) is 0 Å². The van der Waals surface area contributed by atoms with Crippen LogP contribution in [0, 0.1) is 35.0 Å². The summed E-state index contributed by atoms with van der Waals surface area (Å²) in [4.78, 5) is 0. The molecule has 0 aromatic heterocycles. The molecule has 36 heavy (non-hydrogen) atoms. The van der Waals surface area contributed by atoms with E-state index in [1.165, 1.54) is 18.6 Å². The highest BCUT2D eigenvalue weighted by molar-refractivity contribution is 5.65. The normalized spacial score (nSPS) is 18.3. The molecule has 0 spiro atoms. The number of hydrogen-bond donors (Lipinski definition) is 0. The third-order valence-corrected chi connectivity index (χ3v) is 6.84. The van der Waals surface area contributed by atoms with Crippen molar-refractivity contribution in [3.8, 4) is 16.9 Å². The van der Waals surface area contributed by atoms with Gasteiger partial charge in [0, 0.05) is 5.56 Å². The van der Waals surface area contributed by atoms with Gasteiger partial charge in [0.2, 0.25) is 5.82 Å². The van der Waals surface area contributed by atoms with Crippen LogP contribution in [0.3, 0.4) is 0 Å². The number of rotatable bonds is 7. The topological polar surface area (TPSA) is 9.23 Å². The first-order valence-electron chi connectivity index (χ1n) is 11.9. The van der Waals surface area contributed by atoms with Crippen molar-refractivity contribution < 1.29 is 35.5 Å². The van der Waals surface area contributed by atoms with E-state index < -0.39 is 57.6 Å². The predicted molar refractivity (Wildman–Crippen MR) is 122 cm³/mol. The second-order valence-corrected chi connectivity index (χ2v) is 9.24. The van der Waals surface area contributed by atoms with Gasteiger partial charge in [0.05, 0.1) is 5.56 Å². The Labute approximate surface area is 204 Å². The zero-order chi connectivity index (χ0) is 26.0. The van der Waals surface area contributed by atoms with Gasteiger partial charge >= 0.3 is 6.11 Å². The Morgan fingerprint density at radius 2 is 1.39 bits per heavy atom. The van der Waals surface area contributed by atoms with Gasteiger partial charge in [-0.25, -0.2) is 17.6 Å². The molecule has 0 atom stereocenters. The van der Waals surface area contributed by atoms with Crippen molar-refractivity contribution in [2.45, 2.75) is 57.5 Å². The maximum atomic E-state index is 14.8. The largest absolute Gasteiger partial charge is 0.426 e. The highest BCUT2D eigenvalue weighted by Crippen LogP contribution is 2.40. The lowest BCUT2D eigenvalue weighted by Gasteiger charge is -2.29. The zero-order valence-corrected chi connectivity index (χ0v) is 19.6. The summed E-state index contributed by atoms with van der Waals surface area (Å²) >= 11 is 0. The average Bonchev–Trinajstić information content (AvgIpc) is 2.86. The minimum Gasteiger partial charge on any atom is -0.426 e. The fourth-order valence-corrected chi connectivity index (χ4v) is 4.88. The minimum atomic E-state index is -3.97. The van der Waals surface area contributed by atoms with Gasteiger partial charge in [-0.1, -0.05) is 31.9 Å². The summed E-state index contributed by atoms with van der Waals surface area (Å²) in [6, 6.07) is 8.13. The van der Waals surface area contributed by atoms with Gasteiger partial charge in [-0.3, -0.25) is 0 Å². The Morgan fingerprint density at radius 3 is 1.97 bits per heavy atom. The number of halogens is 7. The van der Waals surface area contributed by atoms with Gasteiger partial charge < -0.3 is 4.74 Å². The van der Waals surface area contributed by atoms with Crippen molar-refractivity contribution in [3.05, 3.63) is 88.7 Å². The maximum Gasteiger partial charge on any atom is 0.426 e. The summed E-state index contributed by atoms with van der Waals surface area (Å²) in [6.45, 7) is 2.16. The van der Waals surface area contributed by atoms with Crippen LogP contribution in [-0.2, 0) is 6.11 Å². The van der Waals surface area contributed by atoms with Crippen molar-refractivity contribution in [2.75, 3.05) is 0 Å². The third kappa shape index (κ3) is 5.37. The van der Waals surface area contributed by atoms with E-state index in [0.29, 0.717) is 24.0 Å². The highest BCUT2D eigenvalue weighted by Gasteiger charge is 2.36. The summed E-state index contributed by atoms with van der Waals surface area (Å²) in [7, 11) is 0. The molecule has 1 nitrogen and oxygen atoms in total. The molecule has 0 radical (unpaired) electrons. The molecule has 0 amide bonds. The molecule has 192 valence electrons. The molecule has 4 rings (SSSR count). The van der Waals surface area contributed by atoms with Crippen molar-refractivity contribution in [3.63, 3.8) is 0 Å². The second-order valence-electron chi connectivity index (χ2n) is 9.24. The Hall–Kier alpha value is -3.03. The molecule has 8 heteroatoms. The van der Waals surface area contributed by atoms with E-state index in [1.807, 2.05) is 0 Å². The number of ether oxygens (including phenoxy) is 1. The molecule has 1 aliphatic carbocycles. The molecule has 3 aromatic carbocycles. The highest BCUT2D eigenvalue weighted by atomic mass is 19.3. The first-order valence-corrected chi connectivity index (χ1v) is 11.9. The van der Waals surface area contributed by atoms with E-state index in [9.17, 15) is 30.7 Å². The Balaban J connectivity index is 1.50. The second kappa shape index (κ2) is 10.5. The summed E-state index contributed by atoms with van der Waals surface area (Å²) in [5.41, 5.74) is -0.721. The third-order valence-electron chi connectivity index (χ3n) is 6.84. The van der Waals surface area contributed by atoms with Crippen molar-refractivity contribution >= 4 is 0 Å². The number of benzene rings is 3. The van der Waals surface area contributed by atoms with Crippen molar-refractivity contribution in [1.82, 2.24) is 0 Å². The van der Waals surface area contributed by atoms with Gasteiger partial charge in [0.25, 0.3) is 0 Å². The number of hydrogen-bond acceptors (Lipinski definition) is 1. The first-order chi connectivity index (χ1) is 17.1. The van der Waals surface area contributed by atoms with Crippen LogP contribution in [0.4, 0.5) is 30.7 Å². The fraction of sp³-hybridized carbons (Fsp3) is 0.357. The van der Waals surface area contributed by atoms with Gasteiger partial charge in [-0.05, 0) is 85.0 Å². The molecular weight excluding hydrogens is 485 g/mol. The summed E-state index contributed by atoms with van der Waals surface area (Å²) < 4.78 is 103. The zero-order valence-electron chi connectivity index (χ0n) is 19.6. The molecule has 1 fully saturated rings. The van der Waals surface area contributed by atoms with Crippen molar-refractivity contribution in [2.24, 2.45) is 5.92 Å². The molecule has 0 unspecified atom stereocenters. The molecule has 3 aromatic rings. The van der Waals surface area contributed by atoms with Gasteiger partial charge in [0.1, 0.15) is 0 Å². The summed E-state index contributed by atoms with van der Waals surface area (Å²) in [6.07, 6.45) is 2.58. The standard InChI is InChI=1S/C28H25F7O/c1-2-3-16-4-6-17(7-5-16)18-8-10-20(11-9-18)28(34,35)36-24-13-12-21(25(31)27(24)33)19-14-22(29)26(32)23(30)15-19/h8-17H,2-7H2,1H3. The van der Waals surface area contributed by atoms with Crippen molar-refractivity contribution in [1.29, 1.82) is 0 Å². The van der Waals surface area contributed by atoms with E-state index in [-0.39, 0.29) is 0 Å². The van der Waals surface area contributed by atoms with Crippen LogP contribution in [0.2, 0.25) is 0 Å². The molecule has 1 saturated carbocycles. The number of alkyl halides is 2. The van der Waals surface area contributed by atoms with E-state index >= 15 is 0 Å². The van der Waals surface area contributed by atoms with Crippen LogP contribution in [0.15, 0.2) is 48.5 Å². The van der Waals surface area contributed by atoms with E-state index in [0.717, 1.165) is 49.8 Å². The van der Waals surface area contributed by atoms with Gasteiger partial charge in [0.15, 0.2) is 29.0 Å². The van der Waals surface area contributed by atoms with Crippen LogP contribution in [-0.4, -0.2) is 0 Å². The Morgan fingerprint density at radius 1 is 0.778 bits per heavy atom. The lowest BCUT2D eigenvalue weighted by atomic mass is 9.77. The summed E-state index contributed by atoms with van der Waals surface area (Å²) in [5.74, 6) is -8.48. The summed E-state index contributed by atoms with van der Waals surface area (Å²) in [5, 5.41) is 0. The lowest BCUT2D eigenvalue weighted by Crippen LogP contribution is -2.23. The van der Waals surface area contributed by atoms with Crippen LogP contribution < -0.4 is 4.74 Å². The monoisotopic (exact) mass is 510 g/mol. The van der Waals surface area contributed by atoms with E-state index in [1.54, 1.807) is 12.1 Å². The average molecular weight is 510 g/mol. The molecule has 0 N–H and O–H groups in total. The molecule has 0 bridgehead atoms. The van der Waals surface area contributed by atoms with Crippen LogP contribution in [0.1, 0.15) is 62.5 Å². The Kier molecular flexibility index (Phi) is 7.62. The van der Waals surface area contributed by atoms with Crippen LogP contribution in [0.25, 0.3) is 11.1 Å². The van der Waals surface area contributed by atoms with E-state index in [4.69, 9.17) is 0 Å². The molecular formula is C28H25F7O. The first kappa shape index (κ1) is 26.0. The lowest BCUT2D eigenvalue weighted by molar-refractivity contribution is -0.187. The SMILES string of the molecule is CCCC1CCC(c2ccc(C(F)(F)Oc3ccc(-c4cc(F)c(F)c(F)c4)c(F)c3F)cc2)CC1. The molecule has 0 aliphatic heterocycles. The maximum absolute atomic E-state index is 14.8. The van der Waals surface area contributed by atoms with Gasteiger partial charge in [-0.2, -0.15) is 13.2 Å². The van der Waals surface area contributed by atoms with E-state index in [2.05, 4.69) is 11.7 Å². The minimum absolute atomic E-state index is 0.293. The molecule has 1 aliphatic rings. The fourth-order valence-electron chi connectivity index (χ4n) is 4.88. The smallest absolute Gasteiger partial charge is 0.426 e. The Bertz CT molecular complexity index is 1190. The predicted octanol–water partition coefficient (Wildman–Crippen LogP) is 9.25.